The minimum atomic E-state index is -4.26. The largest absolute Gasteiger partial charge is 0.416 e. The molecule has 0 aromatic heterocycles. The highest BCUT2D eigenvalue weighted by atomic mass is 19.4. The molecule has 4 heteroatoms. The fraction of sp³-hybridized carbons (Fsp3) is 0.200. The van der Waals surface area contributed by atoms with Crippen molar-refractivity contribution in [1.29, 1.82) is 0 Å². The van der Waals surface area contributed by atoms with Crippen LogP contribution in [-0.4, -0.2) is 0 Å². The van der Waals surface area contributed by atoms with Gasteiger partial charge in [0.15, 0.2) is 0 Å². The van der Waals surface area contributed by atoms with E-state index in [0.29, 0.717) is 17.7 Å². The second-order valence-corrected chi connectivity index (χ2v) is 3.05. The van der Waals surface area contributed by atoms with E-state index in [1.807, 2.05) is 0 Å². The maximum absolute atomic E-state index is 12.3. The van der Waals surface area contributed by atoms with Gasteiger partial charge >= 0.3 is 6.18 Å². The van der Waals surface area contributed by atoms with Crippen LogP contribution < -0.4 is 5.32 Å². The van der Waals surface area contributed by atoms with Crippen molar-refractivity contribution in [2.45, 2.75) is 12.6 Å². The molecule has 1 aromatic carbocycles. The van der Waals surface area contributed by atoms with E-state index in [1.165, 1.54) is 12.1 Å². The molecule has 1 radical (unpaired) electrons. The SMILES string of the molecule is FC(F)(F)c1ccc2c(c1)CC=[C]N2. The Morgan fingerprint density at radius 1 is 1.29 bits per heavy atom. The summed E-state index contributed by atoms with van der Waals surface area (Å²) in [6.07, 6.45) is 0.640. The third kappa shape index (κ3) is 1.60. The fourth-order valence-electron chi connectivity index (χ4n) is 1.35. The summed E-state index contributed by atoms with van der Waals surface area (Å²) in [4.78, 5) is 0. The molecule has 1 N–H and O–H groups in total. The molecular formula is C10H7F3N. The first-order valence-corrected chi connectivity index (χ1v) is 4.11. The summed E-state index contributed by atoms with van der Waals surface area (Å²) in [5, 5.41) is 2.77. The Hall–Kier alpha value is -1.45. The van der Waals surface area contributed by atoms with Crippen LogP contribution >= 0.6 is 0 Å². The predicted octanol–water partition coefficient (Wildman–Crippen LogP) is 2.99. The van der Waals surface area contributed by atoms with Crippen LogP contribution in [0.5, 0.6) is 0 Å². The van der Waals surface area contributed by atoms with E-state index in [2.05, 4.69) is 11.5 Å². The van der Waals surface area contributed by atoms with Crippen LogP contribution in [0.2, 0.25) is 0 Å². The zero-order chi connectivity index (χ0) is 10.2. The first kappa shape index (κ1) is 9.12. The highest BCUT2D eigenvalue weighted by Gasteiger charge is 2.30. The van der Waals surface area contributed by atoms with Crippen molar-refractivity contribution >= 4 is 5.69 Å². The predicted molar refractivity (Wildman–Crippen MR) is 46.6 cm³/mol. The second kappa shape index (κ2) is 3.04. The molecule has 0 saturated heterocycles. The van der Waals surface area contributed by atoms with Gasteiger partial charge in [-0.25, -0.2) is 0 Å². The maximum Gasteiger partial charge on any atom is 0.416 e. The van der Waals surface area contributed by atoms with Gasteiger partial charge in [-0.05, 0) is 30.2 Å². The Morgan fingerprint density at radius 2 is 2.07 bits per heavy atom. The average Bonchev–Trinajstić information content (AvgIpc) is 2.16. The van der Waals surface area contributed by atoms with Crippen LogP contribution in [0.3, 0.4) is 0 Å². The number of nitrogens with one attached hydrogen (secondary N) is 1. The molecule has 1 nitrogen and oxygen atoms in total. The number of anilines is 1. The van der Waals surface area contributed by atoms with Crippen molar-refractivity contribution in [3.05, 3.63) is 41.6 Å². The summed E-state index contributed by atoms with van der Waals surface area (Å²) in [5.41, 5.74) is 0.743. The topological polar surface area (TPSA) is 12.0 Å². The lowest BCUT2D eigenvalue weighted by atomic mass is 10.0. The summed E-state index contributed by atoms with van der Waals surface area (Å²) < 4.78 is 36.9. The van der Waals surface area contributed by atoms with Gasteiger partial charge in [0.05, 0.1) is 11.8 Å². The normalized spacial score (nSPS) is 14.8. The molecule has 73 valence electrons. The van der Waals surface area contributed by atoms with Crippen molar-refractivity contribution in [2.75, 3.05) is 5.32 Å². The number of alkyl halides is 3. The first-order chi connectivity index (χ1) is 6.57. The summed E-state index contributed by atoms with van der Waals surface area (Å²) in [7, 11) is 0. The Kier molecular flexibility index (Phi) is 1.98. The number of rotatable bonds is 0. The van der Waals surface area contributed by atoms with Crippen molar-refractivity contribution < 1.29 is 13.2 Å². The third-order valence-corrected chi connectivity index (χ3v) is 2.06. The lowest BCUT2D eigenvalue weighted by Gasteiger charge is -2.14. The van der Waals surface area contributed by atoms with Crippen molar-refractivity contribution in [3.8, 4) is 0 Å². The Labute approximate surface area is 79.2 Å². The summed E-state index contributed by atoms with van der Waals surface area (Å²) >= 11 is 0. The number of halogens is 3. The molecule has 0 aliphatic carbocycles. The molecule has 0 spiro atoms. The van der Waals surface area contributed by atoms with Crippen LogP contribution in [-0.2, 0) is 12.6 Å². The van der Waals surface area contributed by atoms with Crippen LogP contribution in [0.1, 0.15) is 11.1 Å². The van der Waals surface area contributed by atoms with E-state index in [1.54, 1.807) is 6.08 Å². The molecule has 1 aromatic rings. The molecular weight excluding hydrogens is 191 g/mol. The van der Waals surface area contributed by atoms with Gasteiger partial charge in [0.1, 0.15) is 0 Å². The minimum Gasteiger partial charge on any atom is -0.354 e. The molecule has 0 atom stereocenters. The molecule has 0 amide bonds. The summed E-state index contributed by atoms with van der Waals surface area (Å²) in [5.74, 6) is 0. The first-order valence-electron chi connectivity index (χ1n) is 4.11. The zero-order valence-electron chi connectivity index (χ0n) is 7.15. The lowest BCUT2D eigenvalue weighted by molar-refractivity contribution is -0.137. The highest BCUT2D eigenvalue weighted by Crippen LogP contribution is 2.32. The minimum absolute atomic E-state index is 0.492. The van der Waals surface area contributed by atoms with Gasteiger partial charge in [0.25, 0.3) is 0 Å². The van der Waals surface area contributed by atoms with Crippen LogP contribution in [0, 0.1) is 6.20 Å². The zero-order valence-corrected chi connectivity index (χ0v) is 7.15. The molecule has 0 saturated carbocycles. The standard InChI is InChI=1S/C10H7F3N/c11-10(12,13)8-3-4-9-7(6-8)2-1-5-14-9/h1,3-4,6,14H,2H2. The molecule has 1 aliphatic rings. The number of benzene rings is 1. The Bertz CT molecular complexity index is 379. The molecule has 1 aliphatic heterocycles. The van der Waals surface area contributed by atoms with Gasteiger partial charge in [-0.15, -0.1) is 0 Å². The number of allylic oxidation sites excluding steroid dienone is 1. The van der Waals surface area contributed by atoms with E-state index in [4.69, 9.17) is 0 Å². The Balaban J connectivity index is 2.41. The van der Waals surface area contributed by atoms with E-state index in [0.717, 1.165) is 6.07 Å². The van der Waals surface area contributed by atoms with E-state index < -0.39 is 11.7 Å². The van der Waals surface area contributed by atoms with E-state index in [9.17, 15) is 13.2 Å². The smallest absolute Gasteiger partial charge is 0.354 e. The molecule has 0 unspecified atom stereocenters. The number of fused-ring (bicyclic) bond motifs is 1. The van der Waals surface area contributed by atoms with Gasteiger partial charge in [0.2, 0.25) is 0 Å². The van der Waals surface area contributed by atoms with Crippen molar-refractivity contribution in [2.24, 2.45) is 0 Å². The molecule has 14 heavy (non-hydrogen) atoms. The molecule has 1 heterocycles. The molecule has 0 bridgehead atoms. The number of hydrogen-bond donors (Lipinski definition) is 1. The number of hydrogen-bond acceptors (Lipinski definition) is 1. The maximum atomic E-state index is 12.3. The van der Waals surface area contributed by atoms with Crippen LogP contribution in [0.4, 0.5) is 18.9 Å². The quantitative estimate of drug-likeness (QED) is 0.675. The van der Waals surface area contributed by atoms with Crippen LogP contribution in [0.15, 0.2) is 24.3 Å². The Morgan fingerprint density at radius 3 is 2.79 bits per heavy atom. The van der Waals surface area contributed by atoms with E-state index >= 15 is 0 Å². The van der Waals surface area contributed by atoms with E-state index in [-0.39, 0.29) is 0 Å². The average molecular weight is 198 g/mol. The lowest BCUT2D eigenvalue weighted by Crippen LogP contribution is -2.08. The monoisotopic (exact) mass is 198 g/mol. The molecule has 0 fully saturated rings. The van der Waals surface area contributed by atoms with Crippen LogP contribution in [0.25, 0.3) is 0 Å². The van der Waals surface area contributed by atoms with Gasteiger partial charge in [-0.3, -0.25) is 0 Å². The molecule has 2 rings (SSSR count). The van der Waals surface area contributed by atoms with Crippen molar-refractivity contribution in [3.63, 3.8) is 0 Å². The second-order valence-electron chi connectivity index (χ2n) is 3.05. The summed E-state index contributed by atoms with van der Waals surface area (Å²) in [6, 6.07) is 3.66. The third-order valence-electron chi connectivity index (χ3n) is 2.06. The fourth-order valence-corrected chi connectivity index (χ4v) is 1.35. The van der Waals surface area contributed by atoms with Gasteiger partial charge < -0.3 is 5.32 Å². The van der Waals surface area contributed by atoms with Gasteiger partial charge in [-0.2, -0.15) is 13.2 Å². The summed E-state index contributed by atoms with van der Waals surface area (Å²) in [6.45, 7) is 0. The van der Waals surface area contributed by atoms with Crippen molar-refractivity contribution in [1.82, 2.24) is 0 Å². The highest BCUT2D eigenvalue weighted by molar-refractivity contribution is 5.56. The van der Waals surface area contributed by atoms with Gasteiger partial charge in [-0.1, -0.05) is 6.08 Å². The van der Waals surface area contributed by atoms with Gasteiger partial charge in [0, 0.05) is 5.69 Å².